The van der Waals surface area contributed by atoms with Gasteiger partial charge in [0.1, 0.15) is 0 Å². The fraction of sp³-hybridized carbons (Fsp3) is 0.727. The second-order valence-electron chi connectivity index (χ2n) is 4.57. The van der Waals surface area contributed by atoms with E-state index in [0.717, 1.165) is 18.0 Å². The fourth-order valence-corrected chi connectivity index (χ4v) is 2.47. The third-order valence-corrected chi connectivity index (χ3v) is 3.33. The molecule has 1 aliphatic carbocycles. The van der Waals surface area contributed by atoms with Crippen LogP contribution in [0.3, 0.4) is 0 Å². The minimum atomic E-state index is 0.217. The molecule has 84 valence electrons. The number of nitrogens with one attached hydrogen (secondary N) is 1. The summed E-state index contributed by atoms with van der Waals surface area (Å²) in [6.07, 6.45) is 10.5. The Bertz CT molecular complexity index is 301. The molecule has 4 heteroatoms. The van der Waals surface area contributed by atoms with Crippen LogP contribution in [0.25, 0.3) is 0 Å². The largest absolute Gasteiger partial charge is 0.340 e. The van der Waals surface area contributed by atoms with Crippen molar-refractivity contribution in [1.82, 2.24) is 15.0 Å². The Hall–Kier alpha value is -0.870. The van der Waals surface area contributed by atoms with Crippen LogP contribution in [0.15, 0.2) is 12.5 Å². The molecule has 1 fully saturated rings. The first-order valence-electron chi connectivity index (χ1n) is 5.73. The number of aryl methyl sites for hydroxylation is 1. The third kappa shape index (κ3) is 2.58. The molecular weight excluding hydrogens is 188 g/mol. The summed E-state index contributed by atoms with van der Waals surface area (Å²) in [6.45, 7) is 0. The van der Waals surface area contributed by atoms with Crippen LogP contribution in [0, 0.1) is 5.92 Å². The highest BCUT2D eigenvalue weighted by Gasteiger charge is 2.21. The Balaban J connectivity index is 1.97. The maximum absolute atomic E-state index is 5.59. The minimum Gasteiger partial charge on any atom is -0.340 e. The van der Waals surface area contributed by atoms with Gasteiger partial charge >= 0.3 is 0 Å². The van der Waals surface area contributed by atoms with Gasteiger partial charge in [0.25, 0.3) is 0 Å². The summed E-state index contributed by atoms with van der Waals surface area (Å²) >= 11 is 0. The minimum absolute atomic E-state index is 0.217. The van der Waals surface area contributed by atoms with E-state index in [1.807, 2.05) is 24.1 Å². The molecule has 0 aromatic carbocycles. The summed E-state index contributed by atoms with van der Waals surface area (Å²) < 4.78 is 1.97. The molecule has 1 unspecified atom stereocenters. The SMILES string of the molecule is Cn1cnc(C(CC2CCCC2)NN)c1. The second kappa shape index (κ2) is 4.77. The van der Waals surface area contributed by atoms with Crippen molar-refractivity contribution in [3.8, 4) is 0 Å². The second-order valence-corrected chi connectivity index (χ2v) is 4.57. The van der Waals surface area contributed by atoms with Crippen molar-refractivity contribution in [3.05, 3.63) is 18.2 Å². The number of imidazole rings is 1. The molecule has 15 heavy (non-hydrogen) atoms. The Morgan fingerprint density at radius 1 is 1.60 bits per heavy atom. The molecule has 0 amide bonds. The summed E-state index contributed by atoms with van der Waals surface area (Å²) in [7, 11) is 1.99. The molecule has 1 heterocycles. The van der Waals surface area contributed by atoms with Crippen molar-refractivity contribution in [2.75, 3.05) is 0 Å². The predicted molar refractivity (Wildman–Crippen MR) is 59.8 cm³/mol. The molecule has 1 atom stereocenters. The molecule has 1 aliphatic rings. The molecule has 2 rings (SSSR count). The summed E-state index contributed by atoms with van der Waals surface area (Å²) in [6, 6.07) is 0.217. The molecule has 3 N–H and O–H groups in total. The standard InChI is InChI=1S/C11H20N4/c1-15-7-11(13-8-15)10(14-12)6-9-4-2-3-5-9/h7-10,14H,2-6,12H2,1H3. The summed E-state index contributed by atoms with van der Waals surface area (Å²) in [5, 5.41) is 0. The number of nitrogens with zero attached hydrogens (tertiary/aromatic N) is 2. The van der Waals surface area contributed by atoms with E-state index in [4.69, 9.17) is 5.84 Å². The first-order chi connectivity index (χ1) is 7.29. The average molecular weight is 208 g/mol. The van der Waals surface area contributed by atoms with Gasteiger partial charge in [0.05, 0.1) is 18.1 Å². The Morgan fingerprint density at radius 3 is 2.87 bits per heavy atom. The highest BCUT2D eigenvalue weighted by atomic mass is 15.2. The van der Waals surface area contributed by atoms with Gasteiger partial charge in [0.15, 0.2) is 0 Å². The first-order valence-corrected chi connectivity index (χ1v) is 5.73. The average Bonchev–Trinajstić information content (AvgIpc) is 2.85. The molecule has 0 aliphatic heterocycles. The zero-order valence-corrected chi connectivity index (χ0v) is 9.32. The lowest BCUT2D eigenvalue weighted by atomic mass is 9.97. The van der Waals surface area contributed by atoms with Gasteiger partial charge in [0, 0.05) is 13.2 Å². The van der Waals surface area contributed by atoms with E-state index >= 15 is 0 Å². The number of hydrazine groups is 1. The maximum Gasteiger partial charge on any atom is 0.0947 e. The first kappa shape index (κ1) is 10.6. The van der Waals surface area contributed by atoms with Crippen LogP contribution in [-0.2, 0) is 7.05 Å². The van der Waals surface area contributed by atoms with Crippen molar-refractivity contribution in [2.45, 2.75) is 38.1 Å². The molecule has 1 aromatic rings. The van der Waals surface area contributed by atoms with Crippen LogP contribution < -0.4 is 11.3 Å². The molecule has 1 saturated carbocycles. The van der Waals surface area contributed by atoms with Crippen LogP contribution in [-0.4, -0.2) is 9.55 Å². The monoisotopic (exact) mass is 208 g/mol. The number of hydrogen-bond donors (Lipinski definition) is 2. The maximum atomic E-state index is 5.59. The van der Waals surface area contributed by atoms with E-state index in [9.17, 15) is 0 Å². The van der Waals surface area contributed by atoms with Crippen LogP contribution >= 0.6 is 0 Å². The topological polar surface area (TPSA) is 55.9 Å². The summed E-state index contributed by atoms with van der Waals surface area (Å²) in [5.74, 6) is 6.42. The molecular formula is C11H20N4. The molecule has 4 nitrogen and oxygen atoms in total. The van der Waals surface area contributed by atoms with Crippen molar-refractivity contribution in [1.29, 1.82) is 0 Å². The van der Waals surface area contributed by atoms with Crippen molar-refractivity contribution in [2.24, 2.45) is 18.8 Å². The Labute approximate surface area is 90.8 Å². The number of aromatic nitrogens is 2. The van der Waals surface area contributed by atoms with E-state index in [1.54, 1.807) is 0 Å². The van der Waals surface area contributed by atoms with Crippen LogP contribution in [0.1, 0.15) is 43.8 Å². The van der Waals surface area contributed by atoms with Gasteiger partial charge in [-0.25, -0.2) is 4.98 Å². The fourth-order valence-electron chi connectivity index (χ4n) is 2.47. The molecule has 0 spiro atoms. The van der Waals surface area contributed by atoms with Gasteiger partial charge in [0.2, 0.25) is 0 Å². The summed E-state index contributed by atoms with van der Waals surface area (Å²) in [5.41, 5.74) is 3.94. The van der Waals surface area contributed by atoms with Gasteiger partial charge in [-0.15, -0.1) is 0 Å². The zero-order chi connectivity index (χ0) is 10.7. The van der Waals surface area contributed by atoms with Gasteiger partial charge in [-0.05, 0) is 12.3 Å². The predicted octanol–water partition coefficient (Wildman–Crippen LogP) is 1.50. The molecule has 1 aromatic heterocycles. The van der Waals surface area contributed by atoms with E-state index < -0.39 is 0 Å². The molecule has 0 radical (unpaired) electrons. The Morgan fingerprint density at radius 2 is 2.33 bits per heavy atom. The highest BCUT2D eigenvalue weighted by Crippen LogP contribution is 2.32. The van der Waals surface area contributed by atoms with Gasteiger partial charge < -0.3 is 4.57 Å². The molecule has 0 saturated heterocycles. The van der Waals surface area contributed by atoms with Crippen molar-refractivity contribution in [3.63, 3.8) is 0 Å². The van der Waals surface area contributed by atoms with Crippen molar-refractivity contribution >= 4 is 0 Å². The zero-order valence-electron chi connectivity index (χ0n) is 9.32. The Kier molecular flexibility index (Phi) is 3.38. The van der Waals surface area contributed by atoms with Crippen LogP contribution in [0.4, 0.5) is 0 Å². The smallest absolute Gasteiger partial charge is 0.0947 e. The van der Waals surface area contributed by atoms with Gasteiger partial charge in [-0.1, -0.05) is 25.7 Å². The normalized spacial score (nSPS) is 19.6. The van der Waals surface area contributed by atoms with Gasteiger partial charge in [-0.2, -0.15) is 0 Å². The van der Waals surface area contributed by atoms with Gasteiger partial charge in [-0.3, -0.25) is 11.3 Å². The quantitative estimate of drug-likeness (QED) is 0.582. The summed E-state index contributed by atoms with van der Waals surface area (Å²) in [4.78, 5) is 4.35. The van der Waals surface area contributed by atoms with E-state index in [-0.39, 0.29) is 6.04 Å². The van der Waals surface area contributed by atoms with E-state index in [2.05, 4.69) is 10.4 Å². The van der Waals surface area contributed by atoms with E-state index in [1.165, 1.54) is 25.7 Å². The number of rotatable bonds is 4. The van der Waals surface area contributed by atoms with E-state index in [0.29, 0.717) is 0 Å². The lowest BCUT2D eigenvalue weighted by Gasteiger charge is -2.17. The van der Waals surface area contributed by atoms with Crippen LogP contribution in [0.2, 0.25) is 0 Å². The van der Waals surface area contributed by atoms with Crippen LogP contribution in [0.5, 0.6) is 0 Å². The lowest BCUT2D eigenvalue weighted by molar-refractivity contribution is 0.395. The van der Waals surface area contributed by atoms with Crippen molar-refractivity contribution < 1.29 is 0 Å². The molecule has 0 bridgehead atoms. The highest BCUT2D eigenvalue weighted by molar-refractivity contribution is 5.03. The third-order valence-electron chi connectivity index (χ3n) is 3.33. The number of hydrogen-bond acceptors (Lipinski definition) is 3. The lowest BCUT2D eigenvalue weighted by Crippen LogP contribution is -2.29. The number of nitrogens with two attached hydrogens (primary N) is 1.